The van der Waals surface area contributed by atoms with Crippen LogP contribution >= 0.6 is 0 Å². The molecular formula is C50H50Si2. The van der Waals surface area contributed by atoms with Crippen molar-refractivity contribution in [2.24, 2.45) is 0 Å². The molecule has 0 aliphatic heterocycles. The van der Waals surface area contributed by atoms with Crippen LogP contribution in [0.25, 0.3) is 22.3 Å². The van der Waals surface area contributed by atoms with E-state index in [0.29, 0.717) is 0 Å². The second-order valence-electron chi connectivity index (χ2n) is 16.9. The Morgan fingerprint density at radius 2 is 0.481 bits per heavy atom. The van der Waals surface area contributed by atoms with Crippen molar-refractivity contribution in [3.05, 3.63) is 215 Å². The van der Waals surface area contributed by atoms with Crippen LogP contribution in [-0.4, -0.2) is 16.1 Å². The quantitative estimate of drug-likeness (QED) is 0.138. The van der Waals surface area contributed by atoms with E-state index >= 15 is 0 Å². The second kappa shape index (κ2) is 13.0. The average molecular weight is 707 g/mol. The van der Waals surface area contributed by atoms with Gasteiger partial charge in [0.25, 0.3) is 0 Å². The molecular weight excluding hydrogens is 657 g/mol. The van der Waals surface area contributed by atoms with Crippen molar-refractivity contribution >= 4 is 38.4 Å². The number of benzene rings is 6. The molecule has 0 N–H and O–H groups in total. The van der Waals surface area contributed by atoms with Gasteiger partial charge in [0.1, 0.15) is 0 Å². The third-order valence-corrected chi connectivity index (χ3v) is 18.6. The van der Waals surface area contributed by atoms with Gasteiger partial charge in [-0.15, -0.1) is 0 Å². The second-order valence-corrected chi connectivity index (χ2v) is 27.4. The molecule has 0 radical (unpaired) electrons. The van der Waals surface area contributed by atoms with Crippen molar-refractivity contribution in [3.8, 4) is 0 Å². The van der Waals surface area contributed by atoms with Gasteiger partial charge in [-0.1, -0.05) is 221 Å². The molecule has 0 amide bonds. The maximum Gasteiger partial charge on any atom is 0.0621 e. The summed E-state index contributed by atoms with van der Waals surface area (Å²) in [6.45, 7) is 16.0. The van der Waals surface area contributed by atoms with Crippen LogP contribution in [0.2, 0.25) is 49.4 Å². The fourth-order valence-corrected chi connectivity index (χ4v) is 17.3. The number of allylic oxidation sites excluding steroid dienone is 4. The highest BCUT2D eigenvalue weighted by atomic mass is 28.3. The summed E-state index contributed by atoms with van der Waals surface area (Å²) in [5.74, 6) is 0.389. The van der Waals surface area contributed by atoms with E-state index in [1.54, 1.807) is 22.3 Å². The molecule has 0 spiro atoms. The molecule has 0 aromatic heterocycles. The third kappa shape index (κ3) is 4.99. The lowest BCUT2D eigenvalue weighted by atomic mass is 9.47. The SMILES string of the molecule is C[Si](C)(C)C12C(c3ccccc3)=C(c3ccccc3)C([Si](C)(C)C)(C(c3ccccc3)=C1c1ccccc1)C(c1ccccc1)C2c1ccccc1. The molecule has 2 bridgehead atoms. The van der Waals surface area contributed by atoms with Gasteiger partial charge in [-0.2, -0.15) is 0 Å². The Morgan fingerprint density at radius 1 is 0.288 bits per heavy atom. The summed E-state index contributed by atoms with van der Waals surface area (Å²) in [5, 5.41) is -0.648. The van der Waals surface area contributed by atoms with Crippen molar-refractivity contribution in [2.45, 2.75) is 61.2 Å². The number of rotatable bonds is 8. The molecule has 0 nitrogen and oxygen atoms in total. The summed E-state index contributed by atoms with van der Waals surface area (Å²) < 4.78 is 0. The molecule has 52 heavy (non-hydrogen) atoms. The minimum atomic E-state index is -2.32. The zero-order valence-electron chi connectivity index (χ0n) is 31.5. The molecule has 0 saturated heterocycles. The van der Waals surface area contributed by atoms with Crippen LogP contribution in [0.15, 0.2) is 182 Å². The normalized spacial score (nSPS) is 23.2. The molecule has 3 aliphatic carbocycles. The first kappa shape index (κ1) is 34.3. The van der Waals surface area contributed by atoms with Gasteiger partial charge < -0.3 is 0 Å². The Labute approximate surface area is 313 Å². The molecule has 0 saturated carbocycles. The molecule has 2 unspecified atom stereocenters. The molecule has 6 aromatic rings. The van der Waals surface area contributed by atoms with Crippen molar-refractivity contribution in [1.29, 1.82) is 0 Å². The van der Waals surface area contributed by atoms with Crippen LogP contribution in [0.4, 0.5) is 0 Å². The molecule has 0 fully saturated rings. The summed E-state index contributed by atoms with van der Waals surface area (Å²) in [5.41, 5.74) is 14.6. The van der Waals surface area contributed by atoms with Crippen LogP contribution < -0.4 is 0 Å². The zero-order valence-corrected chi connectivity index (χ0v) is 33.5. The molecule has 9 rings (SSSR count). The first-order chi connectivity index (χ1) is 25.1. The monoisotopic (exact) mass is 706 g/mol. The van der Waals surface area contributed by atoms with Gasteiger partial charge in [-0.05, 0) is 55.7 Å². The minimum Gasteiger partial charge on any atom is -0.0685 e. The van der Waals surface area contributed by atoms with E-state index in [2.05, 4.69) is 221 Å². The molecule has 0 heterocycles. The smallest absolute Gasteiger partial charge is 0.0621 e. The highest BCUT2D eigenvalue weighted by Crippen LogP contribution is 2.88. The van der Waals surface area contributed by atoms with Gasteiger partial charge in [0.05, 0.1) is 16.1 Å². The summed E-state index contributed by atoms with van der Waals surface area (Å²) in [6, 6.07) is 69.6. The summed E-state index contributed by atoms with van der Waals surface area (Å²) in [7, 11) is -4.65. The van der Waals surface area contributed by atoms with Crippen LogP contribution in [0.1, 0.15) is 45.2 Å². The molecule has 6 aromatic carbocycles. The molecule has 3 aliphatic rings. The molecule has 258 valence electrons. The Bertz CT molecular complexity index is 1960. The lowest BCUT2D eigenvalue weighted by molar-refractivity contribution is 0.427. The van der Waals surface area contributed by atoms with E-state index in [0.717, 1.165) is 0 Å². The van der Waals surface area contributed by atoms with Crippen molar-refractivity contribution in [2.75, 3.05) is 0 Å². The van der Waals surface area contributed by atoms with E-state index in [1.807, 2.05) is 0 Å². The largest absolute Gasteiger partial charge is 0.0685 e. The number of hydrogen-bond acceptors (Lipinski definition) is 0. The van der Waals surface area contributed by atoms with Crippen molar-refractivity contribution < 1.29 is 0 Å². The van der Waals surface area contributed by atoms with Crippen molar-refractivity contribution in [3.63, 3.8) is 0 Å². The van der Waals surface area contributed by atoms with Gasteiger partial charge in [0.2, 0.25) is 0 Å². The van der Waals surface area contributed by atoms with Crippen molar-refractivity contribution in [1.82, 2.24) is 0 Å². The number of hydrogen-bond donors (Lipinski definition) is 0. The van der Waals surface area contributed by atoms with Crippen LogP contribution in [0, 0.1) is 0 Å². The zero-order chi connectivity index (χ0) is 36.1. The predicted octanol–water partition coefficient (Wildman–Crippen LogP) is 14.0. The number of fused-ring (bicyclic) bond motifs is 1. The van der Waals surface area contributed by atoms with Gasteiger partial charge in [0, 0.05) is 21.9 Å². The van der Waals surface area contributed by atoms with E-state index in [4.69, 9.17) is 0 Å². The lowest BCUT2D eigenvalue weighted by Gasteiger charge is -2.71. The molecule has 2 atom stereocenters. The maximum absolute atomic E-state index is 2.66. The first-order valence-corrected chi connectivity index (χ1v) is 26.0. The fraction of sp³-hybridized carbons (Fsp3) is 0.200. The van der Waals surface area contributed by atoms with Crippen LogP contribution in [0.5, 0.6) is 0 Å². The third-order valence-electron chi connectivity index (χ3n) is 12.3. The standard InChI is InChI=1S/C50H50Si2/c1-51(2,3)49-43(37-25-13-7-14-26-37)46(40-31-19-10-20-32-40)50(52(4,5)6,47(41-33-21-11-22-34-41)44(49)38-27-15-8-16-28-38)48(42-35-23-12-24-36-42)45(49)39-29-17-9-18-30-39/h7-36,43,46H,1-6H3. The first-order valence-electron chi connectivity index (χ1n) is 19.0. The predicted molar refractivity (Wildman–Crippen MR) is 230 cm³/mol. The Balaban J connectivity index is 1.77. The highest BCUT2D eigenvalue weighted by molar-refractivity contribution is 6.88. The average Bonchev–Trinajstić information content (AvgIpc) is 3.18. The van der Waals surface area contributed by atoms with Crippen LogP contribution in [-0.2, 0) is 0 Å². The topological polar surface area (TPSA) is 0 Å². The lowest BCUT2D eigenvalue weighted by Crippen LogP contribution is -2.60. The van der Waals surface area contributed by atoms with Gasteiger partial charge in [0.15, 0.2) is 0 Å². The Kier molecular flexibility index (Phi) is 8.60. The summed E-state index contributed by atoms with van der Waals surface area (Å²) in [6.07, 6.45) is 0. The van der Waals surface area contributed by atoms with Gasteiger partial charge >= 0.3 is 0 Å². The maximum atomic E-state index is 2.66. The summed E-state index contributed by atoms with van der Waals surface area (Å²) in [4.78, 5) is 0. The Hall–Kier alpha value is -4.77. The van der Waals surface area contributed by atoms with E-state index in [9.17, 15) is 0 Å². The molecule has 2 heteroatoms. The van der Waals surface area contributed by atoms with Gasteiger partial charge in [-0.3, -0.25) is 0 Å². The van der Waals surface area contributed by atoms with E-state index in [1.165, 1.54) is 33.4 Å². The highest BCUT2D eigenvalue weighted by Gasteiger charge is 2.73. The van der Waals surface area contributed by atoms with E-state index < -0.39 is 16.1 Å². The minimum absolute atomic E-state index is 0.194. The van der Waals surface area contributed by atoms with Gasteiger partial charge in [-0.25, -0.2) is 0 Å². The fourth-order valence-electron chi connectivity index (χ4n) is 10.7. The summed E-state index contributed by atoms with van der Waals surface area (Å²) >= 11 is 0. The van der Waals surface area contributed by atoms with Crippen LogP contribution in [0.3, 0.4) is 0 Å². The van der Waals surface area contributed by atoms with E-state index in [-0.39, 0.29) is 21.9 Å². The Morgan fingerprint density at radius 3 is 0.673 bits per heavy atom.